The number of aromatic nitrogens is 2. The van der Waals surface area contributed by atoms with Crippen molar-refractivity contribution in [2.45, 2.75) is 19.6 Å². The lowest BCUT2D eigenvalue weighted by Crippen LogP contribution is -2.27. The second-order valence-electron chi connectivity index (χ2n) is 3.90. The number of aromatic amines is 1. The molecule has 0 saturated heterocycles. The number of imidazole rings is 1. The summed E-state index contributed by atoms with van der Waals surface area (Å²) in [6.45, 7) is 2.10. The highest BCUT2D eigenvalue weighted by Gasteiger charge is 2.11. The van der Waals surface area contributed by atoms with Crippen molar-refractivity contribution < 1.29 is 9.53 Å². The van der Waals surface area contributed by atoms with Crippen molar-refractivity contribution in [3.05, 3.63) is 54.1 Å². The Balaban J connectivity index is 1.79. The molecule has 1 aromatic heterocycles. The smallest absolute Gasteiger partial charge is 0.408 e. The van der Waals surface area contributed by atoms with Gasteiger partial charge in [0.05, 0.1) is 6.04 Å². The molecule has 2 N–H and O–H groups in total. The number of rotatable bonds is 4. The Morgan fingerprint density at radius 2 is 2.22 bits per heavy atom. The van der Waals surface area contributed by atoms with Crippen molar-refractivity contribution in [1.82, 2.24) is 15.3 Å². The summed E-state index contributed by atoms with van der Waals surface area (Å²) in [7, 11) is 0. The first-order valence-corrected chi connectivity index (χ1v) is 5.72. The fraction of sp³-hybridized carbons (Fsp3) is 0.231. The van der Waals surface area contributed by atoms with Crippen molar-refractivity contribution >= 4 is 6.09 Å². The van der Waals surface area contributed by atoms with Gasteiger partial charge in [0.15, 0.2) is 0 Å². The van der Waals surface area contributed by atoms with Crippen LogP contribution in [0.4, 0.5) is 4.79 Å². The molecule has 2 aromatic rings. The minimum Gasteiger partial charge on any atom is -0.445 e. The van der Waals surface area contributed by atoms with Gasteiger partial charge in [-0.2, -0.15) is 0 Å². The summed E-state index contributed by atoms with van der Waals surface area (Å²) in [6.07, 6.45) is 2.90. The standard InChI is InChI=1S/C13H15N3O2/c1-10(12-14-7-8-15-12)16-13(17)18-9-11-5-3-2-4-6-11/h2-8,10H,9H2,1H3,(H,14,15)(H,16,17). The van der Waals surface area contributed by atoms with Crippen LogP contribution in [0.2, 0.25) is 0 Å². The summed E-state index contributed by atoms with van der Waals surface area (Å²) in [5.41, 5.74) is 0.957. The maximum atomic E-state index is 11.5. The summed E-state index contributed by atoms with van der Waals surface area (Å²) in [5, 5.41) is 2.70. The second kappa shape index (κ2) is 5.86. The average molecular weight is 245 g/mol. The molecule has 0 radical (unpaired) electrons. The first-order valence-electron chi connectivity index (χ1n) is 5.72. The van der Waals surface area contributed by atoms with E-state index in [1.54, 1.807) is 12.4 Å². The maximum absolute atomic E-state index is 11.5. The molecule has 0 aliphatic heterocycles. The van der Waals surface area contributed by atoms with Gasteiger partial charge in [0, 0.05) is 12.4 Å². The Bertz CT molecular complexity index is 482. The summed E-state index contributed by atoms with van der Waals surface area (Å²) >= 11 is 0. The third kappa shape index (κ3) is 3.35. The number of benzene rings is 1. The van der Waals surface area contributed by atoms with Gasteiger partial charge < -0.3 is 15.0 Å². The minimum absolute atomic E-state index is 0.205. The van der Waals surface area contributed by atoms with Gasteiger partial charge >= 0.3 is 6.09 Å². The van der Waals surface area contributed by atoms with Crippen LogP contribution in [0.15, 0.2) is 42.7 Å². The van der Waals surface area contributed by atoms with Gasteiger partial charge in [-0.15, -0.1) is 0 Å². The number of alkyl carbamates (subject to hydrolysis) is 1. The molecule has 94 valence electrons. The molecule has 18 heavy (non-hydrogen) atoms. The van der Waals surface area contributed by atoms with Crippen LogP contribution in [0.25, 0.3) is 0 Å². The summed E-state index contributed by atoms with van der Waals surface area (Å²) in [5.74, 6) is 0.701. The Hall–Kier alpha value is -2.30. The highest BCUT2D eigenvalue weighted by atomic mass is 16.5. The van der Waals surface area contributed by atoms with Crippen LogP contribution >= 0.6 is 0 Å². The lowest BCUT2D eigenvalue weighted by atomic mass is 10.2. The fourth-order valence-electron chi connectivity index (χ4n) is 1.52. The Morgan fingerprint density at radius 1 is 1.44 bits per heavy atom. The fourth-order valence-corrected chi connectivity index (χ4v) is 1.52. The topological polar surface area (TPSA) is 67.0 Å². The largest absolute Gasteiger partial charge is 0.445 e. The molecule has 1 atom stereocenters. The van der Waals surface area contributed by atoms with Crippen LogP contribution in [-0.2, 0) is 11.3 Å². The van der Waals surface area contributed by atoms with E-state index in [9.17, 15) is 4.79 Å². The van der Waals surface area contributed by atoms with Crippen LogP contribution in [0.1, 0.15) is 24.4 Å². The molecule has 1 aromatic carbocycles. The molecule has 0 saturated carbocycles. The third-order valence-corrected chi connectivity index (χ3v) is 2.48. The predicted octanol–water partition coefficient (Wildman–Crippen LogP) is 2.40. The summed E-state index contributed by atoms with van der Waals surface area (Å²) in [6, 6.07) is 9.34. The molecule has 1 amide bonds. The van der Waals surface area contributed by atoms with E-state index in [1.165, 1.54) is 0 Å². The van der Waals surface area contributed by atoms with Gasteiger partial charge in [-0.25, -0.2) is 9.78 Å². The van der Waals surface area contributed by atoms with Gasteiger partial charge in [-0.3, -0.25) is 0 Å². The number of hydrogen-bond acceptors (Lipinski definition) is 3. The van der Waals surface area contributed by atoms with Gasteiger partial charge in [0.25, 0.3) is 0 Å². The quantitative estimate of drug-likeness (QED) is 0.869. The van der Waals surface area contributed by atoms with Gasteiger partial charge in [0.1, 0.15) is 12.4 Å². The van der Waals surface area contributed by atoms with E-state index in [0.29, 0.717) is 5.82 Å². The SMILES string of the molecule is CC(NC(=O)OCc1ccccc1)c1ncc[nH]1. The van der Waals surface area contributed by atoms with Crippen molar-refractivity contribution in [3.8, 4) is 0 Å². The van der Waals surface area contributed by atoms with E-state index in [0.717, 1.165) is 5.56 Å². The van der Waals surface area contributed by atoms with E-state index in [2.05, 4.69) is 15.3 Å². The zero-order chi connectivity index (χ0) is 12.8. The number of nitrogens with zero attached hydrogens (tertiary/aromatic N) is 1. The predicted molar refractivity (Wildman–Crippen MR) is 66.8 cm³/mol. The number of carbonyl (C=O) groups is 1. The number of hydrogen-bond donors (Lipinski definition) is 2. The first-order chi connectivity index (χ1) is 8.75. The van der Waals surface area contributed by atoms with Crippen molar-refractivity contribution in [1.29, 1.82) is 0 Å². The van der Waals surface area contributed by atoms with E-state index in [1.807, 2.05) is 37.3 Å². The number of amides is 1. The Kier molecular flexibility index (Phi) is 3.96. The normalized spacial score (nSPS) is 11.8. The minimum atomic E-state index is -0.456. The van der Waals surface area contributed by atoms with Gasteiger partial charge in [-0.1, -0.05) is 30.3 Å². The molecule has 5 heteroatoms. The summed E-state index contributed by atoms with van der Waals surface area (Å²) < 4.78 is 5.11. The number of H-pyrrole nitrogens is 1. The molecule has 2 rings (SSSR count). The lowest BCUT2D eigenvalue weighted by Gasteiger charge is -2.11. The number of ether oxygens (including phenoxy) is 1. The molecule has 0 aliphatic carbocycles. The van der Waals surface area contributed by atoms with Gasteiger partial charge in [-0.05, 0) is 12.5 Å². The monoisotopic (exact) mass is 245 g/mol. The van der Waals surface area contributed by atoms with E-state index in [-0.39, 0.29) is 12.6 Å². The van der Waals surface area contributed by atoms with Crippen LogP contribution in [0, 0.1) is 0 Å². The summed E-state index contributed by atoms with van der Waals surface area (Å²) in [4.78, 5) is 18.5. The third-order valence-electron chi connectivity index (χ3n) is 2.48. The van der Waals surface area contributed by atoms with E-state index in [4.69, 9.17) is 4.74 Å². The lowest BCUT2D eigenvalue weighted by molar-refractivity contribution is 0.136. The van der Waals surface area contributed by atoms with E-state index < -0.39 is 6.09 Å². The molecule has 0 fully saturated rings. The molecule has 0 spiro atoms. The van der Waals surface area contributed by atoms with E-state index >= 15 is 0 Å². The molecule has 0 bridgehead atoms. The maximum Gasteiger partial charge on any atom is 0.408 e. The zero-order valence-corrected chi connectivity index (χ0v) is 10.1. The van der Waals surface area contributed by atoms with Gasteiger partial charge in [0.2, 0.25) is 0 Å². The molecule has 1 heterocycles. The van der Waals surface area contributed by atoms with Crippen molar-refractivity contribution in [3.63, 3.8) is 0 Å². The highest BCUT2D eigenvalue weighted by Crippen LogP contribution is 2.06. The Morgan fingerprint density at radius 3 is 2.89 bits per heavy atom. The number of nitrogens with one attached hydrogen (secondary N) is 2. The number of carbonyl (C=O) groups excluding carboxylic acids is 1. The molecule has 0 aliphatic rings. The molecular formula is C13H15N3O2. The van der Waals surface area contributed by atoms with Crippen molar-refractivity contribution in [2.24, 2.45) is 0 Å². The highest BCUT2D eigenvalue weighted by molar-refractivity contribution is 5.67. The molecule has 1 unspecified atom stereocenters. The van der Waals surface area contributed by atoms with Crippen LogP contribution in [-0.4, -0.2) is 16.1 Å². The molecule has 5 nitrogen and oxygen atoms in total. The Labute approximate surface area is 105 Å². The van der Waals surface area contributed by atoms with Crippen LogP contribution < -0.4 is 5.32 Å². The molecular weight excluding hydrogens is 230 g/mol. The average Bonchev–Trinajstić information content (AvgIpc) is 2.91. The second-order valence-corrected chi connectivity index (χ2v) is 3.90. The zero-order valence-electron chi connectivity index (χ0n) is 10.1. The first kappa shape index (κ1) is 12.2. The van der Waals surface area contributed by atoms with Crippen LogP contribution in [0.5, 0.6) is 0 Å². The van der Waals surface area contributed by atoms with Crippen molar-refractivity contribution in [2.75, 3.05) is 0 Å². The van der Waals surface area contributed by atoms with Crippen LogP contribution in [0.3, 0.4) is 0 Å².